The van der Waals surface area contributed by atoms with Gasteiger partial charge in [-0.05, 0) is 26.3 Å². The summed E-state index contributed by atoms with van der Waals surface area (Å²) < 4.78 is 2.05. The standard InChI is InChI=1S/C16H18N4O5/c1-4-18-14(21)12(15(22)19(5-2)16(18)23)9-17-13-8-11(20(24)25)7-6-10(13)3/h6-9,21H,4-5H2,1-3H3. The smallest absolute Gasteiger partial charge is 0.333 e. The van der Waals surface area contributed by atoms with Gasteiger partial charge in [0, 0.05) is 31.4 Å². The molecule has 0 aliphatic rings. The number of nitro groups is 1. The Hall–Kier alpha value is -3.23. The molecule has 25 heavy (non-hydrogen) atoms. The van der Waals surface area contributed by atoms with Gasteiger partial charge >= 0.3 is 5.69 Å². The highest BCUT2D eigenvalue weighted by Crippen LogP contribution is 2.24. The van der Waals surface area contributed by atoms with Crippen LogP contribution in [-0.2, 0) is 13.1 Å². The highest BCUT2D eigenvalue weighted by molar-refractivity contribution is 5.84. The summed E-state index contributed by atoms with van der Waals surface area (Å²) in [5.74, 6) is -0.478. The van der Waals surface area contributed by atoms with E-state index in [9.17, 15) is 24.8 Å². The highest BCUT2D eigenvalue weighted by atomic mass is 16.6. The second-order valence-corrected chi connectivity index (χ2v) is 5.30. The zero-order valence-corrected chi connectivity index (χ0v) is 14.1. The average Bonchev–Trinajstić information content (AvgIpc) is 2.56. The van der Waals surface area contributed by atoms with Gasteiger partial charge in [0.15, 0.2) is 0 Å². The minimum absolute atomic E-state index is 0.133. The lowest BCUT2D eigenvalue weighted by molar-refractivity contribution is -0.384. The third-order valence-corrected chi connectivity index (χ3v) is 3.80. The van der Waals surface area contributed by atoms with Crippen molar-refractivity contribution in [3.8, 4) is 5.88 Å². The predicted molar refractivity (Wildman–Crippen MR) is 93.1 cm³/mol. The molecule has 0 radical (unpaired) electrons. The molecule has 132 valence electrons. The monoisotopic (exact) mass is 346 g/mol. The van der Waals surface area contributed by atoms with E-state index in [0.717, 1.165) is 15.3 Å². The van der Waals surface area contributed by atoms with Gasteiger partial charge in [0.25, 0.3) is 11.2 Å². The maximum Gasteiger partial charge on any atom is 0.333 e. The van der Waals surface area contributed by atoms with Crippen LogP contribution in [0.3, 0.4) is 0 Å². The van der Waals surface area contributed by atoms with Gasteiger partial charge in [0.2, 0.25) is 5.88 Å². The molecular weight excluding hydrogens is 328 g/mol. The Morgan fingerprint density at radius 2 is 1.88 bits per heavy atom. The molecule has 0 fully saturated rings. The lowest BCUT2D eigenvalue weighted by Crippen LogP contribution is -2.41. The fourth-order valence-corrected chi connectivity index (χ4v) is 2.37. The summed E-state index contributed by atoms with van der Waals surface area (Å²) in [4.78, 5) is 38.9. The first kappa shape index (κ1) is 18.1. The molecule has 0 saturated carbocycles. The lowest BCUT2D eigenvalue weighted by atomic mass is 10.2. The Bertz CT molecular complexity index is 972. The van der Waals surface area contributed by atoms with Gasteiger partial charge in [-0.3, -0.25) is 29.0 Å². The molecule has 9 nitrogen and oxygen atoms in total. The molecule has 1 N–H and O–H groups in total. The first-order chi connectivity index (χ1) is 11.8. The van der Waals surface area contributed by atoms with Crippen LogP contribution in [0.2, 0.25) is 0 Å². The molecule has 0 atom stereocenters. The van der Waals surface area contributed by atoms with Crippen LogP contribution in [-0.4, -0.2) is 25.4 Å². The van der Waals surface area contributed by atoms with Crippen LogP contribution in [0.1, 0.15) is 25.0 Å². The van der Waals surface area contributed by atoms with Crippen LogP contribution in [0.5, 0.6) is 5.88 Å². The van der Waals surface area contributed by atoms with Crippen molar-refractivity contribution in [1.29, 1.82) is 0 Å². The second kappa shape index (κ2) is 7.12. The van der Waals surface area contributed by atoms with Gasteiger partial charge in [-0.2, -0.15) is 0 Å². The molecule has 0 spiro atoms. The van der Waals surface area contributed by atoms with Crippen LogP contribution in [0, 0.1) is 17.0 Å². The van der Waals surface area contributed by atoms with E-state index in [1.807, 2.05) is 0 Å². The Balaban J connectivity index is 2.63. The van der Waals surface area contributed by atoms with Crippen LogP contribution in [0.15, 0.2) is 32.8 Å². The summed E-state index contributed by atoms with van der Waals surface area (Å²) >= 11 is 0. The SMILES string of the molecule is CCn1c(O)c(C=Nc2cc([N+](=O)[O-])ccc2C)c(=O)n(CC)c1=O. The van der Waals surface area contributed by atoms with Gasteiger partial charge in [-0.15, -0.1) is 0 Å². The van der Waals surface area contributed by atoms with E-state index in [1.54, 1.807) is 26.8 Å². The Morgan fingerprint density at radius 3 is 2.44 bits per heavy atom. The molecule has 2 rings (SSSR count). The number of rotatable bonds is 5. The van der Waals surface area contributed by atoms with Gasteiger partial charge in [-0.25, -0.2) is 4.79 Å². The van der Waals surface area contributed by atoms with E-state index in [4.69, 9.17) is 0 Å². The first-order valence-corrected chi connectivity index (χ1v) is 7.67. The van der Waals surface area contributed by atoms with E-state index in [1.165, 1.54) is 12.1 Å². The van der Waals surface area contributed by atoms with Crippen molar-refractivity contribution in [3.63, 3.8) is 0 Å². The number of nitrogens with zero attached hydrogens (tertiary/aromatic N) is 4. The fraction of sp³-hybridized carbons (Fsp3) is 0.312. The molecule has 1 aromatic carbocycles. The normalized spacial score (nSPS) is 11.2. The van der Waals surface area contributed by atoms with Crippen molar-refractivity contribution in [1.82, 2.24) is 9.13 Å². The zero-order chi connectivity index (χ0) is 18.7. The summed E-state index contributed by atoms with van der Waals surface area (Å²) in [6, 6.07) is 4.17. The molecule has 0 aliphatic heterocycles. The quantitative estimate of drug-likeness (QED) is 0.502. The minimum Gasteiger partial charge on any atom is -0.494 e. The number of non-ortho nitro benzene ring substituents is 1. The van der Waals surface area contributed by atoms with Crippen LogP contribution in [0.25, 0.3) is 0 Å². The van der Waals surface area contributed by atoms with Crippen LogP contribution in [0.4, 0.5) is 11.4 Å². The Morgan fingerprint density at radius 1 is 1.24 bits per heavy atom. The Labute approximate surface area is 142 Å². The van der Waals surface area contributed by atoms with Crippen molar-refractivity contribution in [2.75, 3.05) is 0 Å². The topological polar surface area (TPSA) is 120 Å². The zero-order valence-electron chi connectivity index (χ0n) is 14.1. The molecule has 0 bridgehead atoms. The van der Waals surface area contributed by atoms with Crippen molar-refractivity contribution >= 4 is 17.6 Å². The van der Waals surface area contributed by atoms with Gasteiger partial charge < -0.3 is 5.11 Å². The summed E-state index contributed by atoms with van der Waals surface area (Å²) in [7, 11) is 0. The number of hydrogen-bond donors (Lipinski definition) is 1. The number of benzene rings is 1. The molecule has 0 aliphatic carbocycles. The summed E-state index contributed by atoms with van der Waals surface area (Å²) in [5.41, 5.74) is -0.579. The summed E-state index contributed by atoms with van der Waals surface area (Å²) in [6.07, 6.45) is 1.13. The molecule has 1 heterocycles. The third-order valence-electron chi connectivity index (χ3n) is 3.80. The molecule has 9 heteroatoms. The molecular formula is C16H18N4O5. The summed E-state index contributed by atoms with van der Waals surface area (Å²) in [5, 5.41) is 21.1. The first-order valence-electron chi connectivity index (χ1n) is 7.67. The number of aryl methyl sites for hydroxylation is 1. The van der Waals surface area contributed by atoms with Gasteiger partial charge in [0.1, 0.15) is 5.56 Å². The van der Waals surface area contributed by atoms with Crippen molar-refractivity contribution < 1.29 is 10.0 Å². The molecule has 1 aromatic heterocycles. The highest BCUT2D eigenvalue weighted by Gasteiger charge is 2.16. The van der Waals surface area contributed by atoms with E-state index in [-0.39, 0.29) is 24.3 Å². The number of hydrogen-bond acceptors (Lipinski definition) is 6. The number of nitro benzene ring substituents is 1. The maximum atomic E-state index is 12.4. The van der Waals surface area contributed by atoms with Crippen molar-refractivity contribution in [2.24, 2.45) is 4.99 Å². The lowest BCUT2D eigenvalue weighted by Gasteiger charge is -2.11. The van der Waals surface area contributed by atoms with E-state index < -0.39 is 22.1 Å². The molecule has 0 amide bonds. The Kier molecular flexibility index (Phi) is 5.16. The van der Waals surface area contributed by atoms with E-state index >= 15 is 0 Å². The van der Waals surface area contributed by atoms with E-state index in [0.29, 0.717) is 11.3 Å². The second-order valence-electron chi connectivity index (χ2n) is 5.30. The predicted octanol–water partition coefficient (Wildman–Crippen LogP) is 1.72. The van der Waals surface area contributed by atoms with Crippen LogP contribution < -0.4 is 11.2 Å². The summed E-state index contributed by atoms with van der Waals surface area (Å²) in [6.45, 7) is 5.35. The molecule has 0 unspecified atom stereocenters. The third kappa shape index (κ3) is 3.35. The van der Waals surface area contributed by atoms with Gasteiger partial charge in [0.05, 0.1) is 10.6 Å². The number of aromatic hydroxyl groups is 1. The minimum atomic E-state index is -0.665. The molecule has 2 aromatic rings. The van der Waals surface area contributed by atoms with E-state index in [2.05, 4.69) is 4.99 Å². The average molecular weight is 346 g/mol. The fourth-order valence-electron chi connectivity index (χ4n) is 2.37. The van der Waals surface area contributed by atoms with Crippen LogP contribution >= 0.6 is 0 Å². The van der Waals surface area contributed by atoms with Crippen molar-refractivity contribution in [2.45, 2.75) is 33.9 Å². The maximum absolute atomic E-state index is 12.4. The van der Waals surface area contributed by atoms with Crippen molar-refractivity contribution in [3.05, 3.63) is 60.3 Å². The largest absolute Gasteiger partial charge is 0.494 e. The number of aromatic nitrogens is 2. The number of aliphatic imine (C=N–C) groups is 1. The molecule has 0 saturated heterocycles. The van der Waals surface area contributed by atoms with Gasteiger partial charge in [-0.1, -0.05) is 6.07 Å².